The van der Waals surface area contributed by atoms with E-state index in [-0.39, 0.29) is 44.8 Å². The van der Waals surface area contributed by atoms with Gasteiger partial charge in [0.25, 0.3) is 30.4 Å². The number of anilines is 5. The number of fused-ring (bicyclic) bond motifs is 1. The summed E-state index contributed by atoms with van der Waals surface area (Å²) >= 11 is 6.09. The molecule has 1 aromatic heterocycles. The molecule has 1 amide bonds. The Labute approximate surface area is 338 Å². The van der Waals surface area contributed by atoms with E-state index in [1.54, 1.807) is 0 Å². The first-order chi connectivity index (χ1) is 27.2. The lowest BCUT2D eigenvalue weighted by molar-refractivity contribution is -0.114. The zero-order valence-corrected chi connectivity index (χ0v) is 33.9. The summed E-state index contributed by atoms with van der Waals surface area (Å²) in [5.74, 6) is -1.61. The number of rotatable bonds is 15. The molecule has 0 aliphatic rings. The number of sulfone groups is 1. The van der Waals surface area contributed by atoms with Crippen molar-refractivity contribution in [1.82, 2.24) is 15.0 Å². The van der Waals surface area contributed by atoms with Gasteiger partial charge in [0.05, 0.1) is 33.5 Å². The fourth-order valence-corrected chi connectivity index (χ4v) is 8.62. The van der Waals surface area contributed by atoms with Gasteiger partial charge in [-0.1, -0.05) is 0 Å². The molecule has 0 aliphatic carbocycles. The molecular formula is C29H25ClN8O16S5. The molecule has 0 fully saturated rings. The zero-order valence-electron chi connectivity index (χ0n) is 29.1. The van der Waals surface area contributed by atoms with E-state index >= 15 is 0 Å². The number of halogens is 1. The number of benzene rings is 4. The Morgan fingerprint density at radius 1 is 0.678 bits per heavy atom. The fraction of sp³-hybridized carbons (Fsp3) is 0.103. The van der Waals surface area contributed by atoms with Crippen LogP contribution in [0.5, 0.6) is 0 Å². The highest BCUT2D eigenvalue weighted by Crippen LogP contribution is 2.37. The smallest absolute Gasteiger partial charge is 0.324 e. The zero-order chi connectivity index (χ0) is 43.7. The minimum atomic E-state index is -5.29. The molecule has 24 nitrogen and oxygen atoms in total. The van der Waals surface area contributed by atoms with E-state index in [9.17, 15) is 60.5 Å². The van der Waals surface area contributed by atoms with Crippen LogP contribution in [0, 0.1) is 0 Å². The number of nitrogens with zero attached hydrogens (tertiary/aromatic N) is 5. The van der Waals surface area contributed by atoms with Gasteiger partial charge in [-0.05, 0) is 78.3 Å². The van der Waals surface area contributed by atoms with E-state index in [0.717, 1.165) is 13.0 Å². The second kappa shape index (κ2) is 16.7. The Morgan fingerprint density at radius 2 is 1.24 bits per heavy atom. The first kappa shape index (κ1) is 44.8. The summed E-state index contributed by atoms with van der Waals surface area (Å²) in [6.07, 6.45) is 0. The van der Waals surface area contributed by atoms with Crippen LogP contribution in [0.2, 0.25) is 5.28 Å². The Balaban J connectivity index is 1.43. The predicted molar refractivity (Wildman–Crippen MR) is 206 cm³/mol. The number of nitrogens with one attached hydrogen (secondary N) is 3. The highest BCUT2D eigenvalue weighted by Gasteiger charge is 2.26. The SMILES string of the molecule is CC(=O)Nc1cc(Nc2nc(Cl)nc(Nc3ccc(S(=O)(=O)CCOS(=O)(=O)O)cc3)n2)ccc1N=Nc1cc(S(=O)(=O)O)c2cc(S(=O)(=O)O)cc(S(=O)(=O)O)c2c1. The lowest BCUT2D eigenvalue weighted by Crippen LogP contribution is -2.15. The minimum Gasteiger partial charge on any atom is -0.324 e. The predicted octanol–water partition coefficient (Wildman–Crippen LogP) is 3.87. The molecule has 0 saturated carbocycles. The summed E-state index contributed by atoms with van der Waals surface area (Å²) in [7, 11) is -24.5. The normalized spacial score (nSPS) is 12.8. The Morgan fingerprint density at radius 3 is 1.80 bits per heavy atom. The van der Waals surface area contributed by atoms with Crippen LogP contribution in [0.3, 0.4) is 0 Å². The summed E-state index contributed by atoms with van der Waals surface area (Å²) in [5.41, 5.74) is -0.0616. The minimum absolute atomic E-state index is 0.0171. The molecule has 0 radical (unpaired) electrons. The Hall–Kier alpha value is -5.34. The van der Waals surface area contributed by atoms with Crippen molar-refractivity contribution in [2.24, 2.45) is 10.2 Å². The van der Waals surface area contributed by atoms with E-state index in [0.29, 0.717) is 18.2 Å². The molecule has 0 aliphatic heterocycles. The lowest BCUT2D eigenvalue weighted by atomic mass is 10.1. The molecule has 7 N–H and O–H groups in total. The maximum atomic E-state index is 12.5. The Bertz CT molecular complexity index is 3120. The maximum absolute atomic E-state index is 12.5. The van der Waals surface area contributed by atoms with Crippen molar-refractivity contribution in [2.75, 3.05) is 28.3 Å². The van der Waals surface area contributed by atoms with Crippen LogP contribution in [0.15, 0.2) is 96.5 Å². The molecule has 0 spiro atoms. The average molecular weight is 937 g/mol. The second-order valence-corrected chi connectivity index (χ2v) is 19.3. The molecule has 0 bridgehead atoms. The van der Waals surface area contributed by atoms with Gasteiger partial charge in [0.2, 0.25) is 23.1 Å². The topological polar surface area (TPSA) is 377 Å². The van der Waals surface area contributed by atoms with Gasteiger partial charge < -0.3 is 16.0 Å². The molecule has 30 heteroatoms. The van der Waals surface area contributed by atoms with Crippen LogP contribution < -0.4 is 16.0 Å². The van der Waals surface area contributed by atoms with Crippen molar-refractivity contribution in [1.29, 1.82) is 0 Å². The highest BCUT2D eigenvalue weighted by atomic mass is 35.5. The molecule has 4 aromatic carbocycles. The van der Waals surface area contributed by atoms with Crippen LogP contribution >= 0.6 is 11.6 Å². The fourth-order valence-electron chi connectivity index (χ4n) is 4.92. The van der Waals surface area contributed by atoms with Gasteiger partial charge in [-0.3, -0.25) is 23.0 Å². The number of amides is 1. The van der Waals surface area contributed by atoms with Crippen molar-refractivity contribution >= 4 is 119 Å². The molecule has 5 rings (SSSR count). The monoisotopic (exact) mass is 936 g/mol. The van der Waals surface area contributed by atoms with Gasteiger partial charge in [0, 0.05) is 29.1 Å². The third kappa shape index (κ3) is 11.9. The maximum Gasteiger partial charge on any atom is 0.397 e. The summed E-state index contributed by atoms with van der Waals surface area (Å²) in [6.45, 7) is 0.338. The summed E-state index contributed by atoms with van der Waals surface area (Å²) in [5, 5.41) is 14.3. The lowest BCUT2D eigenvalue weighted by Gasteiger charge is -2.12. The molecule has 0 saturated heterocycles. The number of carbonyl (C=O) groups is 1. The van der Waals surface area contributed by atoms with Crippen molar-refractivity contribution in [2.45, 2.75) is 26.5 Å². The second-order valence-electron chi connectivity index (χ2n) is 11.6. The van der Waals surface area contributed by atoms with E-state index in [1.165, 1.54) is 42.5 Å². The van der Waals surface area contributed by atoms with Gasteiger partial charge >= 0.3 is 10.4 Å². The molecular weight excluding hydrogens is 912 g/mol. The molecule has 314 valence electrons. The van der Waals surface area contributed by atoms with Gasteiger partial charge in [-0.2, -0.15) is 53.7 Å². The van der Waals surface area contributed by atoms with E-state index in [1.807, 2.05) is 0 Å². The average Bonchev–Trinajstić information content (AvgIpc) is 3.08. The summed E-state index contributed by atoms with van der Waals surface area (Å²) < 4.78 is 161. The van der Waals surface area contributed by atoms with Crippen molar-refractivity contribution < 1.29 is 69.3 Å². The van der Waals surface area contributed by atoms with E-state index in [2.05, 4.69) is 45.3 Å². The quantitative estimate of drug-likeness (QED) is 0.0578. The summed E-state index contributed by atoms with van der Waals surface area (Å²) in [6, 6.07) is 11.6. The summed E-state index contributed by atoms with van der Waals surface area (Å²) in [4.78, 5) is 20.7. The Kier molecular flexibility index (Phi) is 12.7. The number of hydrogen-bond donors (Lipinski definition) is 7. The number of aromatic nitrogens is 3. The van der Waals surface area contributed by atoms with Crippen molar-refractivity contribution in [3.8, 4) is 0 Å². The van der Waals surface area contributed by atoms with Gasteiger partial charge in [0.15, 0.2) is 9.84 Å². The number of azo groups is 1. The molecule has 1 heterocycles. The third-order valence-corrected chi connectivity index (χ3v) is 12.3. The van der Waals surface area contributed by atoms with Gasteiger partial charge in [-0.25, -0.2) is 12.6 Å². The first-order valence-electron chi connectivity index (χ1n) is 15.5. The largest absolute Gasteiger partial charge is 0.397 e. The molecule has 0 atom stereocenters. The van der Waals surface area contributed by atoms with Crippen LogP contribution in [0.4, 0.5) is 40.3 Å². The number of hydrogen-bond acceptors (Lipinski definition) is 19. The highest BCUT2D eigenvalue weighted by molar-refractivity contribution is 7.91. The van der Waals surface area contributed by atoms with E-state index < -0.39 is 100 Å². The van der Waals surface area contributed by atoms with Crippen LogP contribution in [0.25, 0.3) is 10.8 Å². The van der Waals surface area contributed by atoms with E-state index in [4.69, 9.17) is 16.2 Å². The third-order valence-electron chi connectivity index (χ3n) is 7.30. The van der Waals surface area contributed by atoms with Crippen LogP contribution in [-0.2, 0) is 59.6 Å². The standard InChI is InChI=1S/C29H25ClN8O16S5/c1-15(39)31-24-11-17(33-29-35-27(30)34-28(36-29)32-16-2-5-19(6-3-16)55(40,41)9-8-54-59(51,52)53)4-7-23(24)38-37-18-10-21-22(25(12-18)57(45,46)47)13-20(56(42,43)44)14-26(21)58(48,49)50/h2-7,10-14H,8-9H2,1H3,(H,31,39)(H,42,43,44)(H,45,46,47)(H,48,49,50)(H,51,52,53)(H2,32,33,34,35,36). The van der Waals surface area contributed by atoms with Gasteiger partial charge in [-0.15, -0.1) is 5.11 Å². The molecule has 0 unspecified atom stereocenters. The molecule has 59 heavy (non-hydrogen) atoms. The van der Waals surface area contributed by atoms with Crippen LogP contribution in [-0.4, -0.2) is 93.5 Å². The van der Waals surface area contributed by atoms with Gasteiger partial charge in [0.1, 0.15) is 15.5 Å². The molecule has 5 aromatic rings. The van der Waals surface area contributed by atoms with Crippen molar-refractivity contribution in [3.05, 3.63) is 72.0 Å². The number of carbonyl (C=O) groups excluding carboxylic acids is 1. The van der Waals surface area contributed by atoms with Crippen molar-refractivity contribution in [3.63, 3.8) is 0 Å². The first-order valence-corrected chi connectivity index (χ1v) is 23.2. The van der Waals surface area contributed by atoms with Crippen LogP contribution in [0.1, 0.15) is 6.92 Å².